The fourth-order valence-corrected chi connectivity index (χ4v) is 4.73. The summed E-state index contributed by atoms with van der Waals surface area (Å²) in [5, 5.41) is 0. The summed E-state index contributed by atoms with van der Waals surface area (Å²) in [5.41, 5.74) is 1.25. The van der Waals surface area contributed by atoms with Crippen LogP contribution < -0.4 is 0 Å². The van der Waals surface area contributed by atoms with Gasteiger partial charge in [-0.3, -0.25) is 9.59 Å². The Hall–Kier alpha value is -1.82. The highest BCUT2D eigenvalue weighted by Crippen LogP contribution is 2.41. The van der Waals surface area contributed by atoms with Crippen LogP contribution in [0, 0.1) is 12.3 Å². The van der Waals surface area contributed by atoms with Crippen molar-refractivity contribution in [3.8, 4) is 0 Å². The quantitative estimate of drug-likeness (QED) is 0.891. The Morgan fingerprint density at radius 2 is 2.08 bits per heavy atom. The van der Waals surface area contributed by atoms with Gasteiger partial charge in [0.15, 0.2) is 0 Å². The predicted octanol–water partition coefficient (Wildman–Crippen LogP) is 1.96. The SMILES string of the molecule is Cc1[nH]ccc1C(=O)N1CCC2(CCCN(C3CCOCC3)C2=O)C1. The first-order valence-corrected chi connectivity index (χ1v) is 9.43. The zero-order valence-corrected chi connectivity index (χ0v) is 14.9. The van der Waals surface area contributed by atoms with Crippen molar-refractivity contribution in [1.29, 1.82) is 0 Å². The average Bonchev–Trinajstić information content (AvgIpc) is 3.25. The third-order valence-corrected chi connectivity index (χ3v) is 6.23. The molecule has 136 valence electrons. The molecule has 1 spiro atoms. The van der Waals surface area contributed by atoms with Crippen LogP contribution in [0.4, 0.5) is 0 Å². The number of rotatable bonds is 2. The second kappa shape index (κ2) is 6.48. The zero-order chi connectivity index (χ0) is 17.4. The van der Waals surface area contributed by atoms with E-state index in [2.05, 4.69) is 9.88 Å². The number of amides is 2. The molecule has 2 amide bonds. The van der Waals surface area contributed by atoms with E-state index in [1.165, 1.54) is 0 Å². The Balaban J connectivity index is 1.49. The first-order chi connectivity index (χ1) is 12.1. The molecule has 0 aromatic carbocycles. The van der Waals surface area contributed by atoms with E-state index in [4.69, 9.17) is 4.74 Å². The highest BCUT2D eigenvalue weighted by Gasteiger charge is 2.50. The Kier molecular flexibility index (Phi) is 4.31. The van der Waals surface area contributed by atoms with E-state index in [9.17, 15) is 9.59 Å². The number of H-pyrrole nitrogens is 1. The molecular formula is C19H27N3O3. The summed E-state index contributed by atoms with van der Waals surface area (Å²) in [5.74, 6) is 0.318. The summed E-state index contributed by atoms with van der Waals surface area (Å²) >= 11 is 0. The van der Waals surface area contributed by atoms with Gasteiger partial charge in [0, 0.05) is 50.8 Å². The number of piperidine rings is 1. The van der Waals surface area contributed by atoms with Crippen LogP contribution in [-0.2, 0) is 9.53 Å². The lowest BCUT2D eigenvalue weighted by atomic mass is 9.77. The number of aromatic nitrogens is 1. The minimum absolute atomic E-state index is 0.0478. The number of nitrogens with zero attached hydrogens (tertiary/aromatic N) is 2. The number of hydrogen-bond acceptors (Lipinski definition) is 3. The fourth-order valence-electron chi connectivity index (χ4n) is 4.73. The number of nitrogens with one attached hydrogen (secondary N) is 1. The number of carbonyl (C=O) groups excluding carboxylic acids is 2. The number of likely N-dealkylation sites (tertiary alicyclic amines) is 2. The highest BCUT2D eigenvalue weighted by atomic mass is 16.5. The molecule has 3 saturated heterocycles. The summed E-state index contributed by atoms with van der Waals surface area (Å²) in [7, 11) is 0. The van der Waals surface area contributed by atoms with Crippen LogP contribution in [0.1, 0.15) is 48.2 Å². The van der Waals surface area contributed by atoms with Crippen LogP contribution in [0.3, 0.4) is 0 Å². The molecule has 4 rings (SSSR count). The lowest BCUT2D eigenvalue weighted by Gasteiger charge is -2.44. The van der Waals surface area contributed by atoms with Crippen molar-refractivity contribution in [3.05, 3.63) is 23.5 Å². The molecule has 3 aliphatic heterocycles. The van der Waals surface area contributed by atoms with Gasteiger partial charge in [0.05, 0.1) is 11.0 Å². The number of aryl methyl sites for hydroxylation is 1. The normalized spacial score (nSPS) is 28.1. The smallest absolute Gasteiger partial charge is 0.255 e. The van der Waals surface area contributed by atoms with Gasteiger partial charge in [-0.2, -0.15) is 0 Å². The molecule has 3 fully saturated rings. The third kappa shape index (κ3) is 2.86. The van der Waals surface area contributed by atoms with Gasteiger partial charge in [-0.25, -0.2) is 0 Å². The van der Waals surface area contributed by atoms with E-state index >= 15 is 0 Å². The maximum Gasteiger partial charge on any atom is 0.255 e. The topological polar surface area (TPSA) is 65.6 Å². The van der Waals surface area contributed by atoms with E-state index in [0.29, 0.717) is 19.1 Å². The van der Waals surface area contributed by atoms with Crippen molar-refractivity contribution in [2.75, 3.05) is 32.8 Å². The monoisotopic (exact) mass is 345 g/mol. The summed E-state index contributed by atoms with van der Waals surface area (Å²) in [6.45, 7) is 5.51. The van der Waals surface area contributed by atoms with Gasteiger partial charge < -0.3 is 19.5 Å². The van der Waals surface area contributed by atoms with Gasteiger partial charge in [-0.1, -0.05) is 0 Å². The third-order valence-electron chi connectivity index (χ3n) is 6.23. The van der Waals surface area contributed by atoms with Crippen molar-refractivity contribution >= 4 is 11.8 Å². The van der Waals surface area contributed by atoms with Crippen molar-refractivity contribution in [2.24, 2.45) is 5.41 Å². The molecule has 0 bridgehead atoms. The minimum Gasteiger partial charge on any atom is -0.381 e. The Bertz CT molecular complexity index is 665. The lowest BCUT2D eigenvalue weighted by Crippen LogP contribution is -2.55. The molecule has 6 nitrogen and oxygen atoms in total. The molecule has 3 aliphatic rings. The summed E-state index contributed by atoms with van der Waals surface area (Å²) in [6.07, 6.45) is 6.41. The summed E-state index contributed by atoms with van der Waals surface area (Å²) < 4.78 is 5.45. The molecule has 0 radical (unpaired) electrons. The van der Waals surface area contributed by atoms with Gasteiger partial charge in [-0.15, -0.1) is 0 Å². The Labute approximate surface area is 148 Å². The molecule has 25 heavy (non-hydrogen) atoms. The predicted molar refractivity (Wildman–Crippen MR) is 93.3 cm³/mol. The fraction of sp³-hybridized carbons (Fsp3) is 0.684. The van der Waals surface area contributed by atoms with E-state index in [1.807, 2.05) is 17.9 Å². The van der Waals surface area contributed by atoms with Crippen molar-refractivity contribution in [1.82, 2.24) is 14.8 Å². The van der Waals surface area contributed by atoms with Crippen LogP contribution in [0.2, 0.25) is 0 Å². The zero-order valence-electron chi connectivity index (χ0n) is 14.9. The molecule has 4 heterocycles. The number of hydrogen-bond donors (Lipinski definition) is 1. The molecule has 1 unspecified atom stereocenters. The summed E-state index contributed by atoms with van der Waals surface area (Å²) in [4.78, 5) is 33.2. The number of aromatic amines is 1. The Morgan fingerprint density at radius 3 is 2.80 bits per heavy atom. The molecule has 0 saturated carbocycles. The van der Waals surface area contributed by atoms with Crippen LogP contribution in [0.25, 0.3) is 0 Å². The van der Waals surface area contributed by atoms with E-state index in [-0.39, 0.29) is 17.2 Å². The maximum absolute atomic E-state index is 13.3. The summed E-state index contributed by atoms with van der Waals surface area (Å²) in [6, 6.07) is 2.15. The number of carbonyl (C=O) groups is 2. The van der Waals surface area contributed by atoms with Crippen LogP contribution in [0.5, 0.6) is 0 Å². The van der Waals surface area contributed by atoms with Crippen LogP contribution in [0.15, 0.2) is 12.3 Å². The lowest BCUT2D eigenvalue weighted by molar-refractivity contribution is -0.150. The van der Waals surface area contributed by atoms with Gasteiger partial charge >= 0.3 is 0 Å². The van der Waals surface area contributed by atoms with Crippen molar-refractivity contribution in [3.63, 3.8) is 0 Å². The maximum atomic E-state index is 13.3. The molecule has 1 atom stereocenters. The van der Waals surface area contributed by atoms with E-state index < -0.39 is 0 Å². The first kappa shape index (κ1) is 16.6. The Morgan fingerprint density at radius 1 is 1.28 bits per heavy atom. The van der Waals surface area contributed by atoms with Crippen molar-refractivity contribution in [2.45, 2.75) is 45.1 Å². The van der Waals surface area contributed by atoms with Crippen LogP contribution in [-0.4, -0.2) is 65.5 Å². The first-order valence-electron chi connectivity index (χ1n) is 9.43. The molecule has 6 heteroatoms. The van der Waals surface area contributed by atoms with E-state index in [1.54, 1.807) is 6.20 Å². The minimum atomic E-state index is -0.365. The molecule has 1 N–H and O–H groups in total. The molecule has 1 aromatic heterocycles. The van der Waals surface area contributed by atoms with Crippen molar-refractivity contribution < 1.29 is 14.3 Å². The molecule has 0 aliphatic carbocycles. The van der Waals surface area contributed by atoms with Crippen LogP contribution >= 0.6 is 0 Å². The largest absolute Gasteiger partial charge is 0.381 e. The van der Waals surface area contributed by atoms with E-state index in [0.717, 1.165) is 63.1 Å². The molecular weight excluding hydrogens is 318 g/mol. The average molecular weight is 345 g/mol. The van der Waals surface area contributed by atoms with Gasteiger partial charge in [0.2, 0.25) is 5.91 Å². The molecule has 1 aromatic rings. The second-order valence-corrected chi connectivity index (χ2v) is 7.72. The highest BCUT2D eigenvalue weighted by molar-refractivity contribution is 5.96. The number of ether oxygens (including phenoxy) is 1. The van der Waals surface area contributed by atoms with Gasteiger partial charge in [0.25, 0.3) is 5.91 Å². The standard InChI is InChI=1S/C19H27N3O3/c1-14-16(3-8-20-14)17(23)21-10-7-19(13-21)6-2-9-22(18(19)24)15-4-11-25-12-5-15/h3,8,15,20H,2,4-7,9-13H2,1H3. The van der Waals surface area contributed by atoms with Gasteiger partial charge in [0.1, 0.15) is 0 Å². The second-order valence-electron chi connectivity index (χ2n) is 7.72. The van der Waals surface area contributed by atoms with Gasteiger partial charge in [-0.05, 0) is 45.1 Å².